The topological polar surface area (TPSA) is 86.8 Å². The molecular formula is C22H27F2N5O3. The number of piperazine rings is 1. The number of aromatic nitrogens is 1. The van der Waals surface area contributed by atoms with E-state index in [-0.39, 0.29) is 24.7 Å². The maximum absolute atomic E-state index is 14.4. The molecule has 8 nitrogen and oxygen atoms in total. The molecule has 1 aromatic heterocycles. The van der Waals surface area contributed by atoms with Crippen molar-refractivity contribution in [2.45, 2.75) is 26.9 Å². The van der Waals surface area contributed by atoms with Crippen molar-refractivity contribution in [2.75, 3.05) is 38.1 Å². The van der Waals surface area contributed by atoms with Gasteiger partial charge in [0.15, 0.2) is 0 Å². The van der Waals surface area contributed by atoms with Crippen LogP contribution in [0.15, 0.2) is 30.5 Å². The summed E-state index contributed by atoms with van der Waals surface area (Å²) in [5.74, 6) is -1.37. The number of urea groups is 1. The van der Waals surface area contributed by atoms with Crippen LogP contribution in [0.4, 0.5) is 24.1 Å². The molecule has 0 unspecified atom stereocenters. The summed E-state index contributed by atoms with van der Waals surface area (Å²) in [5.41, 5.74) is 1.84. The SMILES string of the molecule is CCOC(=O)N1CCN(Cc2cc(CNC(=O)Nc3ccc(C)nc3)c(F)cc2F)CC1. The first-order chi connectivity index (χ1) is 15.4. The van der Waals surface area contributed by atoms with Crippen LogP contribution in [-0.2, 0) is 17.8 Å². The van der Waals surface area contributed by atoms with E-state index in [0.717, 1.165) is 11.8 Å². The number of halogens is 2. The fourth-order valence-corrected chi connectivity index (χ4v) is 3.34. The molecule has 1 aliphatic heterocycles. The Morgan fingerprint density at radius 3 is 2.47 bits per heavy atom. The Balaban J connectivity index is 1.55. The van der Waals surface area contributed by atoms with Crippen LogP contribution in [0, 0.1) is 18.6 Å². The van der Waals surface area contributed by atoms with Gasteiger partial charge in [-0.05, 0) is 32.0 Å². The second-order valence-electron chi connectivity index (χ2n) is 7.49. The second-order valence-corrected chi connectivity index (χ2v) is 7.49. The number of pyridine rings is 1. The van der Waals surface area contributed by atoms with E-state index in [2.05, 4.69) is 15.6 Å². The molecule has 1 aromatic carbocycles. The van der Waals surface area contributed by atoms with Gasteiger partial charge in [-0.15, -0.1) is 0 Å². The number of rotatable bonds is 6. The largest absolute Gasteiger partial charge is 0.450 e. The molecule has 1 fully saturated rings. The predicted octanol–water partition coefficient (Wildman–Crippen LogP) is 3.26. The third-order valence-corrected chi connectivity index (χ3v) is 5.12. The number of nitrogens with zero attached hydrogens (tertiary/aromatic N) is 3. The van der Waals surface area contributed by atoms with Gasteiger partial charge < -0.3 is 20.3 Å². The van der Waals surface area contributed by atoms with E-state index in [1.165, 1.54) is 12.3 Å². The summed E-state index contributed by atoms with van der Waals surface area (Å²) in [6.07, 6.45) is 1.17. The van der Waals surface area contributed by atoms with Crippen molar-refractivity contribution in [1.29, 1.82) is 0 Å². The van der Waals surface area contributed by atoms with Crippen LogP contribution in [0.3, 0.4) is 0 Å². The Hall–Kier alpha value is -3.27. The van der Waals surface area contributed by atoms with E-state index in [0.29, 0.717) is 44.0 Å². The molecule has 10 heteroatoms. The van der Waals surface area contributed by atoms with Crippen molar-refractivity contribution in [3.8, 4) is 0 Å². The van der Waals surface area contributed by atoms with E-state index in [4.69, 9.17) is 4.74 Å². The lowest BCUT2D eigenvalue weighted by Crippen LogP contribution is -2.48. The number of anilines is 1. The molecule has 32 heavy (non-hydrogen) atoms. The first kappa shape index (κ1) is 23.4. The van der Waals surface area contributed by atoms with Gasteiger partial charge in [0.05, 0.1) is 18.5 Å². The average molecular weight is 447 g/mol. The molecule has 3 amide bonds. The number of hydrogen-bond acceptors (Lipinski definition) is 5. The summed E-state index contributed by atoms with van der Waals surface area (Å²) in [4.78, 5) is 31.6. The molecule has 2 heterocycles. The maximum atomic E-state index is 14.4. The monoisotopic (exact) mass is 447 g/mol. The van der Waals surface area contributed by atoms with Crippen molar-refractivity contribution in [3.63, 3.8) is 0 Å². The van der Waals surface area contributed by atoms with Crippen LogP contribution >= 0.6 is 0 Å². The van der Waals surface area contributed by atoms with E-state index < -0.39 is 17.7 Å². The number of hydrogen-bond donors (Lipinski definition) is 2. The minimum atomic E-state index is -0.726. The van der Waals surface area contributed by atoms with Crippen LogP contribution in [0.1, 0.15) is 23.7 Å². The third kappa shape index (κ3) is 6.36. The fourth-order valence-electron chi connectivity index (χ4n) is 3.34. The van der Waals surface area contributed by atoms with Crippen LogP contribution in [0.25, 0.3) is 0 Å². The van der Waals surface area contributed by atoms with E-state index in [1.54, 1.807) is 24.0 Å². The Kier molecular flexibility index (Phi) is 7.93. The van der Waals surface area contributed by atoms with Gasteiger partial charge in [-0.3, -0.25) is 9.88 Å². The van der Waals surface area contributed by atoms with Gasteiger partial charge in [0.25, 0.3) is 0 Å². The highest BCUT2D eigenvalue weighted by Crippen LogP contribution is 2.18. The number of ether oxygens (including phenoxy) is 1. The zero-order chi connectivity index (χ0) is 23.1. The zero-order valence-corrected chi connectivity index (χ0v) is 18.2. The van der Waals surface area contributed by atoms with E-state index >= 15 is 0 Å². The van der Waals surface area contributed by atoms with Crippen LogP contribution in [0.5, 0.6) is 0 Å². The van der Waals surface area contributed by atoms with Crippen LogP contribution < -0.4 is 10.6 Å². The van der Waals surface area contributed by atoms with Gasteiger partial charge in [-0.1, -0.05) is 0 Å². The van der Waals surface area contributed by atoms with E-state index in [9.17, 15) is 18.4 Å². The third-order valence-electron chi connectivity index (χ3n) is 5.12. The van der Waals surface area contributed by atoms with Gasteiger partial charge in [0, 0.05) is 62.2 Å². The minimum absolute atomic E-state index is 0.0964. The normalized spacial score (nSPS) is 14.2. The first-order valence-electron chi connectivity index (χ1n) is 10.4. The molecule has 172 valence electrons. The standard InChI is InChI=1S/C22H27F2N5O3/c1-3-32-22(31)29-8-6-28(7-9-29)14-17-10-16(19(23)11-20(17)24)12-26-21(30)27-18-5-4-15(2)25-13-18/h4-5,10-11,13H,3,6-9,12,14H2,1-2H3,(H2,26,27,30). The van der Waals surface area contributed by atoms with Gasteiger partial charge >= 0.3 is 12.1 Å². The molecule has 0 saturated carbocycles. The second kappa shape index (κ2) is 10.9. The lowest BCUT2D eigenvalue weighted by molar-refractivity contribution is 0.0775. The summed E-state index contributed by atoms with van der Waals surface area (Å²) in [7, 11) is 0. The fraction of sp³-hybridized carbons (Fsp3) is 0.409. The lowest BCUT2D eigenvalue weighted by atomic mass is 10.1. The van der Waals surface area contributed by atoms with Gasteiger partial charge in [0.1, 0.15) is 11.6 Å². The summed E-state index contributed by atoms with van der Waals surface area (Å²) in [6, 6.07) is 5.21. The van der Waals surface area contributed by atoms with Crippen molar-refractivity contribution < 1.29 is 23.1 Å². The molecule has 1 aliphatic rings. The number of benzene rings is 1. The molecular weight excluding hydrogens is 420 g/mol. The van der Waals surface area contributed by atoms with Crippen molar-refractivity contribution >= 4 is 17.8 Å². The molecule has 3 rings (SSSR count). The number of nitrogens with one attached hydrogen (secondary N) is 2. The first-order valence-corrected chi connectivity index (χ1v) is 10.4. The Labute approximate surface area is 185 Å². The molecule has 2 N–H and O–H groups in total. The van der Waals surface area contributed by atoms with Gasteiger partial charge in [-0.25, -0.2) is 18.4 Å². The molecule has 0 spiro atoms. The van der Waals surface area contributed by atoms with Crippen LogP contribution in [-0.4, -0.2) is 59.7 Å². The quantitative estimate of drug-likeness (QED) is 0.710. The highest BCUT2D eigenvalue weighted by Gasteiger charge is 2.23. The zero-order valence-electron chi connectivity index (χ0n) is 18.2. The summed E-state index contributed by atoms with van der Waals surface area (Å²) < 4.78 is 33.6. The van der Waals surface area contributed by atoms with Gasteiger partial charge in [0.2, 0.25) is 0 Å². The highest BCUT2D eigenvalue weighted by molar-refractivity contribution is 5.88. The number of carbonyl (C=O) groups excluding carboxylic acids is 2. The molecule has 1 saturated heterocycles. The molecule has 0 aliphatic carbocycles. The Morgan fingerprint density at radius 1 is 1.09 bits per heavy atom. The smallest absolute Gasteiger partial charge is 0.409 e. The summed E-state index contributed by atoms with van der Waals surface area (Å²) in [5, 5.41) is 5.18. The Bertz CT molecular complexity index is 947. The molecule has 0 atom stereocenters. The minimum Gasteiger partial charge on any atom is -0.450 e. The molecule has 0 bridgehead atoms. The lowest BCUT2D eigenvalue weighted by Gasteiger charge is -2.34. The van der Waals surface area contributed by atoms with Crippen molar-refractivity contribution in [1.82, 2.24) is 20.1 Å². The number of carbonyl (C=O) groups is 2. The number of amides is 3. The van der Waals surface area contributed by atoms with Gasteiger partial charge in [-0.2, -0.15) is 0 Å². The summed E-state index contributed by atoms with van der Waals surface area (Å²) >= 11 is 0. The van der Waals surface area contributed by atoms with Crippen molar-refractivity contribution in [2.24, 2.45) is 0 Å². The summed E-state index contributed by atoms with van der Waals surface area (Å²) in [6.45, 7) is 6.13. The number of aryl methyl sites for hydroxylation is 1. The van der Waals surface area contributed by atoms with Crippen molar-refractivity contribution in [3.05, 3.63) is 58.9 Å². The highest BCUT2D eigenvalue weighted by atomic mass is 19.1. The average Bonchev–Trinajstić information content (AvgIpc) is 2.77. The Morgan fingerprint density at radius 2 is 1.81 bits per heavy atom. The van der Waals surface area contributed by atoms with E-state index in [1.807, 2.05) is 11.8 Å². The van der Waals surface area contributed by atoms with Crippen LogP contribution in [0.2, 0.25) is 0 Å². The molecule has 0 radical (unpaired) electrons. The predicted molar refractivity (Wildman–Crippen MR) is 115 cm³/mol. The maximum Gasteiger partial charge on any atom is 0.409 e. The molecule has 2 aromatic rings.